The van der Waals surface area contributed by atoms with Gasteiger partial charge >= 0.3 is 6.09 Å². The maximum absolute atomic E-state index is 12.9. The van der Waals surface area contributed by atoms with Crippen LogP contribution in [0.25, 0.3) is 0 Å². The lowest BCUT2D eigenvalue weighted by atomic mass is 9.90. The molecule has 8 heteroatoms. The number of ketones is 1. The molecule has 1 saturated heterocycles. The van der Waals surface area contributed by atoms with Crippen LogP contribution < -0.4 is 9.47 Å². The van der Waals surface area contributed by atoms with E-state index >= 15 is 0 Å². The van der Waals surface area contributed by atoms with Crippen molar-refractivity contribution in [3.63, 3.8) is 0 Å². The van der Waals surface area contributed by atoms with E-state index in [1.807, 2.05) is 20.8 Å². The van der Waals surface area contributed by atoms with Crippen molar-refractivity contribution in [3.05, 3.63) is 23.8 Å². The first-order chi connectivity index (χ1) is 15.4. The smallest absolute Gasteiger partial charge is 0.410 e. The second-order valence-corrected chi connectivity index (χ2v) is 16.5. The number of nitrogens with zero attached hydrogens (tertiary/aromatic N) is 1. The van der Waals surface area contributed by atoms with Gasteiger partial charge in [-0.1, -0.05) is 19.6 Å². The number of carbonyl (C=O) groups is 2. The van der Waals surface area contributed by atoms with E-state index in [1.165, 1.54) is 0 Å². The molecule has 0 bridgehead atoms. The summed E-state index contributed by atoms with van der Waals surface area (Å²) in [6.07, 6.45) is 1.75. The Morgan fingerprint density at radius 1 is 1.09 bits per heavy atom. The maximum Gasteiger partial charge on any atom is 0.410 e. The van der Waals surface area contributed by atoms with E-state index in [1.54, 1.807) is 30.2 Å². The quantitative estimate of drug-likeness (QED) is 0.188. The predicted octanol–water partition coefficient (Wildman–Crippen LogP) is 5.61. The van der Waals surface area contributed by atoms with Gasteiger partial charge in [-0.25, -0.2) is 4.79 Å². The highest BCUT2D eigenvalue weighted by Gasteiger charge is 2.28. The molecule has 33 heavy (non-hydrogen) atoms. The van der Waals surface area contributed by atoms with Crippen molar-refractivity contribution in [3.8, 4) is 11.5 Å². The van der Waals surface area contributed by atoms with Crippen molar-refractivity contribution in [1.82, 2.24) is 4.90 Å². The minimum absolute atomic E-state index is 0.0713. The first-order valence-corrected chi connectivity index (χ1v) is 15.5. The standard InChI is InChI=1S/C25H41NO6Si/c1-25(2,3)32-24(28)26-12-10-19(11-13-26)16-21(27)20-8-9-22(23(17-20)29-4)31-18-30-14-15-33(5,6)7/h8-9,17,19H,10-16,18H2,1-7H3. The Kier molecular flexibility index (Phi) is 9.79. The monoisotopic (exact) mass is 479 g/mol. The van der Waals surface area contributed by atoms with E-state index < -0.39 is 13.7 Å². The van der Waals surface area contributed by atoms with Gasteiger partial charge in [-0.2, -0.15) is 0 Å². The SMILES string of the molecule is COc1cc(C(=O)CC2CCN(C(=O)OC(C)(C)C)CC2)ccc1OCOCC[Si](C)(C)C. The molecule has 1 amide bonds. The Morgan fingerprint density at radius 2 is 1.76 bits per heavy atom. The summed E-state index contributed by atoms with van der Waals surface area (Å²) in [6.45, 7) is 14.6. The molecule has 0 unspecified atom stereocenters. The van der Waals surface area contributed by atoms with Crippen LogP contribution >= 0.6 is 0 Å². The molecule has 7 nitrogen and oxygen atoms in total. The van der Waals surface area contributed by atoms with Crippen LogP contribution in [0.5, 0.6) is 11.5 Å². The number of methoxy groups -OCH3 is 1. The van der Waals surface area contributed by atoms with Crippen molar-refractivity contribution in [1.29, 1.82) is 0 Å². The van der Waals surface area contributed by atoms with Gasteiger partial charge in [0.1, 0.15) is 5.60 Å². The fraction of sp³-hybridized carbons (Fsp3) is 0.680. The van der Waals surface area contributed by atoms with Gasteiger partial charge in [-0.15, -0.1) is 0 Å². The number of hydrogen-bond donors (Lipinski definition) is 0. The second kappa shape index (κ2) is 11.9. The summed E-state index contributed by atoms with van der Waals surface area (Å²) in [6, 6.07) is 6.35. The highest BCUT2D eigenvalue weighted by molar-refractivity contribution is 6.76. The molecule has 1 aromatic carbocycles. The summed E-state index contributed by atoms with van der Waals surface area (Å²) in [5.74, 6) is 1.40. The number of hydrogen-bond acceptors (Lipinski definition) is 6. The molecular formula is C25H41NO6Si. The number of rotatable bonds is 10. The molecule has 0 spiro atoms. The van der Waals surface area contributed by atoms with E-state index in [2.05, 4.69) is 19.6 Å². The van der Waals surface area contributed by atoms with E-state index in [4.69, 9.17) is 18.9 Å². The Morgan fingerprint density at radius 3 is 2.33 bits per heavy atom. The van der Waals surface area contributed by atoms with Gasteiger partial charge in [0.2, 0.25) is 0 Å². The molecule has 0 radical (unpaired) electrons. The van der Waals surface area contributed by atoms with Crippen LogP contribution in [0.4, 0.5) is 4.79 Å². The number of likely N-dealkylation sites (tertiary alicyclic amines) is 1. The Hall–Kier alpha value is -2.06. The third-order valence-corrected chi connectivity index (χ3v) is 7.22. The molecule has 0 aromatic heterocycles. The van der Waals surface area contributed by atoms with Gasteiger partial charge in [0.05, 0.1) is 7.11 Å². The fourth-order valence-corrected chi connectivity index (χ4v) is 4.29. The lowest BCUT2D eigenvalue weighted by Gasteiger charge is -2.33. The fourth-order valence-electron chi connectivity index (χ4n) is 3.53. The topological polar surface area (TPSA) is 74.3 Å². The lowest BCUT2D eigenvalue weighted by Crippen LogP contribution is -2.42. The van der Waals surface area contributed by atoms with Crippen molar-refractivity contribution >= 4 is 20.0 Å². The summed E-state index contributed by atoms with van der Waals surface area (Å²) in [4.78, 5) is 26.8. The number of benzene rings is 1. The number of ether oxygens (including phenoxy) is 4. The van der Waals surface area contributed by atoms with Gasteiger partial charge in [-0.3, -0.25) is 4.79 Å². The Balaban J connectivity index is 1.83. The van der Waals surface area contributed by atoms with Crippen molar-refractivity contribution in [2.45, 2.75) is 71.3 Å². The highest BCUT2D eigenvalue weighted by atomic mass is 28.3. The van der Waals surface area contributed by atoms with E-state index in [9.17, 15) is 9.59 Å². The summed E-state index contributed by atoms with van der Waals surface area (Å²) in [5, 5.41) is 0. The van der Waals surface area contributed by atoms with Gasteiger partial charge in [0, 0.05) is 39.8 Å². The van der Waals surface area contributed by atoms with Crippen LogP contribution in [0.2, 0.25) is 25.7 Å². The van der Waals surface area contributed by atoms with E-state index in [-0.39, 0.29) is 24.6 Å². The van der Waals surface area contributed by atoms with Crippen molar-refractivity contribution in [2.24, 2.45) is 5.92 Å². The van der Waals surface area contributed by atoms with Crippen LogP contribution in [0, 0.1) is 5.92 Å². The van der Waals surface area contributed by atoms with Gasteiger partial charge < -0.3 is 23.8 Å². The van der Waals surface area contributed by atoms with Crippen LogP contribution in [0.1, 0.15) is 50.4 Å². The molecule has 0 atom stereocenters. The number of carbonyl (C=O) groups excluding carboxylic acids is 2. The van der Waals surface area contributed by atoms with Crippen LogP contribution in [-0.2, 0) is 9.47 Å². The molecule has 0 aliphatic carbocycles. The van der Waals surface area contributed by atoms with Crippen LogP contribution in [-0.4, -0.2) is 64.1 Å². The molecule has 1 aromatic rings. The third kappa shape index (κ3) is 9.76. The summed E-state index contributed by atoms with van der Waals surface area (Å²) < 4.78 is 22.2. The molecular weight excluding hydrogens is 438 g/mol. The molecule has 0 N–H and O–H groups in total. The third-order valence-electron chi connectivity index (χ3n) is 5.52. The average Bonchev–Trinajstić information content (AvgIpc) is 2.72. The summed E-state index contributed by atoms with van der Waals surface area (Å²) in [5.41, 5.74) is 0.104. The summed E-state index contributed by atoms with van der Waals surface area (Å²) in [7, 11) is 0.434. The molecule has 1 aliphatic heterocycles. The van der Waals surface area contributed by atoms with E-state index in [0.29, 0.717) is 43.2 Å². The zero-order valence-corrected chi connectivity index (χ0v) is 22.4. The minimum atomic E-state index is -1.13. The number of amides is 1. The first kappa shape index (κ1) is 27.2. The molecule has 2 rings (SSSR count). The van der Waals surface area contributed by atoms with Crippen molar-refractivity contribution in [2.75, 3.05) is 33.6 Å². The van der Waals surface area contributed by atoms with Crippen LogP contribution in [0.3, 0.4) is 0 Å². The molecule has 1 heterocycles. The second-order valence-electron chi connectivity index (χ2n) is 10.9. The molecule has 1 aliphatic rings. The predicted molar refractivity (Wildman–Crippen MR) is 132 cm³/mol. The minimum Gasteiger partial charge on any atom is -0.493 e. The molecule has 0 saturated carbocycles. The number of Topliss-reactive ketones (excluding diaryl/α,β-unsaturated/α-hetero) is 1. The first-order valence-electron chi connectivity index (χ1n) is 11.8. The molecule has 1 fully saturated rings. The average molecular weight is 480 g/mol. The lowest BCUT2D eigenvalue weighted by molar-refractivity contribution is 0.0182. The van der Waals surface area contributed by atoms with Gasteiger partial charge in [0.25, 0.3) is 0 Å². The van der Waals surface area contributed by atoms with E-state index in [0.717, 1.165) is 18.9 Å². The summed E-state index contributed by atoms with van der Waals surface area (Å²) >= 11 is 0. The van der Waals surface area contributed by atoms with Gasteiger partial charge in [0.15, 0.2) is 24.1 Å². The molecule has 186 valence electrons. The van der Waals surface area contributed by atoms with Crippen LogP contribution in [0.15, 0.2) is 18.2 Å². The Bertz CT molecular complexity index is 791. The normalized spacial score (nSPS) is 15.3. The largest absolute Gasteiger partial charge is 0.493 e. The van der Waals surface area contributed by atoms with Crippen molar-refractivity contribution < 1.29 is 28.5 Å². The highest BCUT2D eigenvalue weighted by Crippen LogP contribution is 2.30. The van der Waals surface area contributed by atoms with Gasteiger partial charge in [-0.05, 0) is 63.8 Å². The Labute approximate surface area is 199 Å². The number of piperidine rings is 1. The maximum atomic E-state index is 12.9. The zero-order valence-electron chi connectivity index (χ0n) is 21.4. The zero-order chi connectivity index (χ0) is 24.6.